The molecule has 0 saturated heterocycles. The van der Waals surface area contributed by atoms with Crippen molar-refractivity contribution in [2.75, 3.05) is 6.61 Å². The lowest BCUT2D eigenvalue weighted by Crippen LogP contribution is -2.42. The number of hydrogen-bond acceptors (Lipinski definition) is 7. The number of hydrogen-bond donors (Lipinski definition) is 1. The maximum atomic E-state index is 13.8. The molecule has 7 nitrogen and oxygen atoms in total. The van der Waals surface area contributed by atoms with Crippen LogP contribution in [0, 0.1) is 5.92 Å². The van der Waals surface area contributed by atoms with Crippen LogP contribution in [0.1, 0.15) is 128 Å². The summed E-state index contributed by atoms with van der Waals surface area (Å²) in [5.41, 5.74) is 1.97. The van der Waals surface area contributed by atoms with E-state index in [9.17, 15) is 19.4 Å². The summed E-state index contributed by atoms with van der Waals surface area (Å²) in [6.45, 7) is 12.5. The van der Waals surface area contributed by atoms with E-state index in [0.29, 0.717) is 24.8 Å². The van der Waals surface area contributed by atoms with Gasteiger partial charge in [0.05, 0.1) is 6.61 Å². The van der Waals surface area contributed by atoms with Crippen molar-refractivity contribution in [3.63, 3.8) is 0 Å². The van der Waals surface area contributed by atoms with E-state index >= 15 is 0 Å². The van der Waals surface area contributed by atoms with Crippen molar-refractivity contribution in [2.45, 2.75) is 129 Å². The fraction of sp³-hybridized carbons (Fsp3) is 0.667. The fourth-order valence-electron chi connectivity index (χ4n) is 6.13. The lowest BCUT2D eigenvalue weighted by Gasteiger charge is -2.35. The Kier molecular flexibility index (Phi) is 12.7. The number of phosphoric ester groups is 1. The minimum atomic E-state index is -4.74. The molecular weight excluding hydrogens is 539 g/mol. The highest BCUT2D eigenvalue weighted by atomic mass is 31.2. The maximum absolute atomic E-state index is 13.8. The molecule has 2 aliphatic carbocycles. The Morgan fingerprint density at radius 2 is 1.80 bits per heavy atom. The van der Waals surface area contributed by atoms with Crippen LogP contribution in [-0.2, 0) is 24.8 Å². The van der Waals surface area contributed by atoms with Crippen molar-refractivity contribution in [1.29, 1.82) is 0 Å². The van der Waals surface area contributed by atoms with Gasteiger partial charge in [0.25, 0.3) is 7.82 Å². The Bertz CT molecular complexity index is 1120. The van der Waals surface area contributed by atoms with Crippen molar-refractivity contribution in [2.24, 2.45) is 5.92 Å². The van der Waals surface area contributed by atoms with Gasteiger partial charge in [-0.05, 0) is 95.2 Å². The largest absolute Gasteiger partial charge is 0.756 e. The van der Waals surface area contributed by atoms with Gasteiger partial charge in [0.2, 0.25) is 0 Å². The van der Waals surface area contributed by atoms with E-state index in [0.717, 1.165) is 68.9 Å². The Morgan fingerprint density at radius 1 is 1.12 bits per heavy atom. The second-order valence-electron chi connectivity index (χ2n) is 12.0. The number of rotatable bonds is 16. The van der Waals surface area contributed by atoms with Crippen LogP contribution >= 0.6 is 7.82 Å². The number of phenolic OH excluding ortho intramolecular Hbond substituents is 1. The number of allylic oxidation sites excluding steroid dienone is 3. The molecule has 0 radical (unpaired) electrons. The van der Waals surface area contributed by atoms with E-state index in [4.69, 9.17) is 13.8 Å². The minimum absolute atomic E-state index is 0.0272. The normalized spacial score (nSPS) is 21.7. The molecule has 3 atom stereocenters. The molecule has 1 unspecified atom stereocenters. The molecule has 0 bridgehead atoms. The summed E-state index contributed by atoms with van der Waals surface area (Å²) in [4.78, 5) is 26.7. The molecule has 1 aromatic carbocycles. The molecule has 1 saturated carbocycles. The summed E-state index contributed by atoms with van der Waals surface area (Å²) in [6.07, 6.45) is 13.0. The maximum Gasteiger partial charge on any atom is 0.344 e. The van der Waals surface area contributed by atoms with Crippen LogP contribution in [0.3, 0.4) is 0 Å². The van der Waals surface area contributed by atoms with Gasteiger partial charge in [-0.15, -0.1) is 0 Å². The summed E-state index contributed by atoms with van der Waals surface area (Å²) in [7, 11) is -4.74. The quantitative estimate of drug-likeness (QED) is 0.0678. The number of ether oxygens (including phenoxy) is 1. The number of carbonyl (C=O) groups is 1. The van der Waals surface area contributed by atoms with Crippen molar-refractivity contribution >= 4 is 13.8 Å². The second-order valence-corrected chi connectivity index (χ2v) is 13.4. The molecule has 41 heavy (non-hydrogen) atoms. The molecule has 1 aromatic rings. The average Bonchev–Trinajstić information content (AvgIpc) is 3.37. The number of unbranched alkanes of at least 4 members (excludes halogenated alkanes) is 5. The predicted molar refractivity (Wildman–Crippen MR) is 161 cm³/mol. The predicted octanol–water partition coefficient (Wildman–Crippen LogP) is 8.44. The zero-order valence-corrected chi connectivity index (χ0v) is 26.4. The smallest absolute Gasteiger partial charge is 0.344 e. The van der Waals surface area contributed by atoms with Crippen molar-refractivity contribution in [1.82, 2.24) is 0 Å². The molecule has 0 spiro atoms. The molecule has 230 valence electrons. The Morgan fingerprint density at radius 3 is 2.46 bits per heavy atom. The zero-order chi connectivity index (χ0) is 30.0. The van der Waals surface area contributed by atoms with Gasteiger partial charge in [-0.25, -0.2) is 4.79 Å². The van der Waals surface area contributed by atoms with Gasteiger partial charge in [-0.2, -0.15) is 0 Å². The Labute approximate surface area is 247 Å². The van der Waals surface area contributed by atoms with E-state index in [1.165, 1.54) is 5.57 Å². The summed E-state index contributed by atoms with van der Waals surface area (Å²) in [6, 6.07) is 3.61. The van der Waals surface area contributed by atoms with Gasteiger partial charge in [0.15, 0.2) is 5.60 Å². The third-order valence-electron chi connectivity index (χ3n) is 8.48. The van der Waals surface area contributed by atoms with Crippen LogP contribution < -0.4 is 9.63 Å². The highest BCUT2D eigenvalue weighted by Gasteiger charge is 2.47. The van der Waals surface area contributed by atoms with Gasteiger partial charge >= 0.3 is 5.97 Å². The van der Waals surface area contributed by atoms with Crippen molar-refractivity contribution in [3.8, 4) is 11.5 Å². The standard InChI is InChI=1S/C33H51O7P/c1-6-8-10-14-20-38-41(36,37)40-33(18-12-13-19-33)32(35)39-30-23-26(15-11-9-7-2)22-29(34)31(30)28-21-25(5)16-17-27(28)24(3)4/h21-23,27-28,34H,3,6-20H2,1-2,4-5H3,(H,36,37)/p-1/t27-,28+/m0/s1. The van der Waals surface area contributed by atoms with Gasteiger partial charge < -0.3 is 19.3 Å². The van der Waals surface area contributed by atoms with Crippen LogP contribution in [0.2, 0.25) is 0 Å². The number of benzene rings is 1. The van der Waals surface area contributed by atoms with Gasteiger partial charge in [-0.1, -0.05) is 69.8 Å². The molecule has 1 fully saturated rings. The number of esters is 1. The van der Waals surface area contributed by atoms with Crippen LogP contribution in [0.4, 0.5) is 0 Å². The SMILES string of the molecule is C=C(C)[C@@H]1CCC(C)=C[C@H]1c1c(O)cc(CCCCC)cc1OC(=O)C1(OP(=O)([O-])OCCCCCC)CCCC1. The van der Waals surface area contributed by atoms with E-state index in [1.807, 2.05) is 13.0 Å². The first-order valence-electron chi connectivity index (χ1n) is 15.6. The fourth-order valence-corrected chi connectivity index (χ4v) is 7.22. The number of phosphoric acid groups is 1. The third kappa shape index (κ3) is 9.28. The minimum Gasteiger partial charge on any atom is -0.756 e. The molecule has 1 N–H and O–H groups in total. The first kappa shape index (κ1) is 33.6. The highest BCUT2D eigenvalue weighted by molar-refractivity contribution is 7.46. The highest BCUT2D eigenvalue weighted by Crippen LogP contribution is 2.51. The first-order valence-corrected chi connectivity index (χ1v) is 17.0. The van der Waals surface area contributed by atoms with Gasteiger partial charge in [-0.3, -0.25) is 9.09 Å². The lowest BCUT2D eigenvalue weighted by molar-refractivity contribution is -0.237. The molecular formula is C33H50O7P-. The monoisotopic (exact) mass is 589 g/mol. The van der Waals surface area contributed by atoms with Crippen molar-refractivity contribution in [3.05, 3.63) is 47.1 Å². The van der Waals surface area contributed by atoms with E-state index in [2.05, 4.69) is 33.4 Å². The summed E-state index contributed by atoms with van der Waals surface area (Å²) in [5, 5.41) is 11.4. The average molecular weight is 590 g/mol. The van der Waals surface area contributed by atoms with Gasteiger partial charge in [0.1, 0.15) is 11.5 Å². The van der Waals surface area contributed by atoms with E-state index < -0.39 is 19.4 Å². The molecule has 0 heterocycles. The first-order chi connectivity index (χ1) is 19.5. The van der Waals surface area contributed by atoms with E-state index in [-0.39, 0.29) is 42.8 Å². The van der Waals surface area contributed by atoms with Crippen LogP contribution in [-0.4, -0.2) is 23.3 Å². The summed E-state index contributed by atoms with van der Waals surface area (Å²) >= 11 is 0. The molecule has 3 rings (SSSR count). The zero-order valence-electron chi connectivity index (χ0n) is 25.5. The topological polar surface area (TPSA) is 105 Å². The van der Waals surface area contributed by atoms with Crippen molar-refractivity contribution < 1.29 is 33.1 Å². The van der Waals surface area contributed by atoms with Crippen LogP contribution in [0.15, 0.2) is 35.9 Å². The molecule has 0 aliphatic heterocycles. The number of aromatic hydroxyl groups is 1. The number of carbonyl (C=O) groups excluding carboxylic acids is 1. The number of phenols is 1. The lowest BCUT2D eigenvalue weighted by atomic mass is 9.73. The van der Waals surface area contributed by atoms with Crippen LogP contribution in [0.5, 0.6) is 11.5 Å². The van der Waals surface area contributed by atoms with Crippen LogP contribution in [0.25, 0.3) is 0 Å². The Hall–Kier alpha value is -1.92. The molecule has 2 aliphatic rings. The summed E-state index contributed by atoms with van der Waals surface area (Å²) in [5.74, 6) is -0.551. The third-order valence-corrected chi connectivity index (χ3v) is 9.55. The molecule has 0 amide bonds. The molecule has 8 heteroatoms. The number of aryl methyl sites for hydroxylation is 1. The van der Waals surface area contributed by atoms with E-state index in [1.54, 1.807) is 6.07 Å². The summed E-state index contributed by atoms with van der Waals surface area (Å²) < 4.78 is 29.6. The molecule has 0 aromatic heterocycles. The van der Waals surface area contributed by atoms with Gasteiger partial charge in [0, 0.05) is 11.5 Å². The second kappa shape index (κ2) is 15.5. The Balaban J connectivity index is 1.94.